The fraction of sp³-hybridized carbons (Fsp3) is 0.304. The number of hydrogen-bond donors (Lipinski definition) is 0. The van der Waals surface area contributed by atoms with E-state index in [1.54, 1.807) is 9.30 Å². The van der Waals surface area contributed by atoms with Gasteiger partial charge in [0.15, 0.2) is 0 Å². The van der Waals surface area contributed by atoms with Gasteiger partial charge in [0.05, 0.1) is 49.0 Å². The molecule has 1 atom stereocenters. The van der Waals surface area contributed by atoms with Crippen molar-refractivity contribution in [3.05, 3.63) is 66.0 Å². The molecule has 1 fully saturated rings. The predicted octanol–water partition coefficient (Wildman–Crippen LogP) is 3.18. The summed E-state index contributed by atoms with van der Waals surface area (Å²) < 4.78 is 44.6. The fourth-order valence-electron chi connectivity index (χ4n) is 4.22. The first-order chi connectivity index (χ1) is 16.4. The Balaban J connectivity index is 1.58. The summed E-state index contributed by atoms with van der Waals surface area (Å²) in [6.07, 6.45) is 4.00. The van der Waals surface area contributed by atoms with E-state index in [9.17, 15) is 4.79 Å². The summed E-state index contributed by atoms with van der Waals surface area (Å²) in [5, 5.41) is 7.36. The third-order valence-corrected chi connectivity index (χ3v) is 5.85. The summed E-state index contributed by atoms with van der Waals surface area (Å²) in [6, 6.07) is 6.18. The van der Waals surface area contributed by atoms with E-state index in [-0.39, 0.29) is 16.9 Å². The van der Waals surface area contributed by atoms with Crippen LogP contribution >= 0.6 is 0 Å². The van der Waals surface area contributed by atoms with Gasteiger partial charge in [0.2, 0.25) is 0 Å². The first kappa shape index (κ1) is 22.0. The number of nitrogens with zero attached hydrogens (tertiary/aromatic N) is 6. The fourth-order valence-corrected chi connectivity index (χ4v) is 4.22. The van der Waals surface area contributed by atoms with Crippen molar-refractivity contribution in [3.8, 4) is 16.9 Å². The quantitative estimate of drug-likeness (QED) is 0.457. The molecule has 176 valence electrons. The molecule has 0 radical (unpaired) electrons. The lowest BCUT2D eigenvalue weighted by Gasteiger charge is -2.32. The van der Waals surface area contributed by atoms with E-state index in [2.05, 4.69) is 15.2 Å². The van der Waals surface area contributed by atoms with Gasteiger partial charge in [-0.25, -0.2) is 18.6 Å². The van der Waals surface area contributed by atoms with Crippen molar-refractivity contribution < 1.29 is 23.0 Å². The number of imidazole rings is 1. The zero-order valence-corrected chi connectivity index (χ0v) is 18.6. The van der Waals surface area contributed by atoms with Crippen LogP contribution in [0, 0.1) is 18.6 Å². The first-order valence-electron chi connectivity index (χ1n) is 10.7. The van der Waals surface area contributed by atoms with E-state index >= 15 is 8.78 Å². The number of halogens is 2. The van der Waals surface area contributed by atoms with Crippen LogP contribution in [0.15, 0.2) is 43.1 Å². The highest BCUT2D eigenvalue weighted by Gasteiger charge is 2.29. The van der Waals surface area contributed by atoms with Crippen LogP contribution < -0.4 is 0 Å². The SMILES string of the molecule is COC(=O)N1CCO[C@@H](Cc2c(-c3c(F)cc(-n4cnnc4)cc3F)nc3cc(C)ccn23)C1. The Kier molecular flexibility index (Phi) is 5.70. The van der Waals surface area contributed by atoms with Gasteiger partial charge in [0, 0.05) is 19.2 Å². The second-order valence-electron chi connectivity index (χ2n) is 8.11. The summed E-state index contributed by atoms with van der Waals surface area (Å²) >= 11 is 0. The van der Waals surface area contributed by atoms with Crippen molar-refractivity contribution in [1.82, 2.24) is 29.0 Å². The molecule has 1 amide bonds. The number of benzene rings is 1. The molecule has 1 aliphatic heterocycles. The van der Waals surface area contributed by atoms with Crippen molar-refractivity contribution in [2.24, 2.45) is 0 Å². The molecule has 4 aromatic rings. The Morgan fingerprint density at radius 2 is 1.94 bits per heavy atom. The highest BCUT2D eigenvalue weighted by atomic mass is 19.1. The number of aryl methyl sites for hydroxylation is 1. The molecule has 1 aliphatic rings. The van der Waals surface area contributed by atoms with Gasteiger partial charge in [0.25, 0.3) is 0 Å². The zero-order chi connectivity index (χ0) is 23.8. The lowest BCUT2D eigenvalue weighted by molar-refractivity contribution is -0.0241. The topological polar surface area (TPSA) is 86.8 Å². The monoisotopic (exact) mass is 468 g/mol. The number of carbonyl (C=O) groups is 1. The highest BCUT2D eigenvalue weighted by molar-refractivity contribution is 5.70. The maximum Gasteiger partial charge on any atom is 0.409 e. The Hall–Kier alpha value is -3.86. The van der Waals surface area contributed by atoms with Crippen molar-refractivity contribution in [3.63, 3.8) is 0 Å². The summed E-state index contributed by atoms with van der Waals surface area (Å²) in [5.74, 6) is -1.52. The van der Waals surface area contributed by atoms with Crippen molar-refractivity contribution in [2.45, 2.75) is 19.4 Å². The molecule has 1 aromatic carbocycles. The minimum Gasteiger partial charge on any atom is -0.453 e. The van der Waals surface area contributed by atoms with Gasteiger partial charge in [-0.15, -0.1) is 10.2 Å². The van der Waals surface area contributed by atoms with Crippen LogP contribution in [0.1, 0.15) is 11.3 Å². The van der Waals surface area contributed by atoms with E-state index in [0.717, 1.165) is 5.56 Å². The molecule has 0 N–H and O–H groups in total. The number of hydrogen-bond acceptors (Lipinski definition) is 6. The number of fused-ring (bicyclic) bond motifs is 1. The number of ether oxygens (including phenoxy) is 2. The van der Waals surface area contributed by atoms with Gasteiger partial charge < -0.3 is 18.8 Å². The molecule has 9 nitrogen and oxygen atoms in total. The molecule has 5 rings (SSSR count). The molecule has 0 unspecified atom stereocenters. The van der Waals surface area contributed by atoms with Crippen LogP contribution in [0.4, 0.5) is 13.6 Å². The standard InChI is InChI=1S/C23H22F2N6O3/c1-14-3-4-31-19(10-16-11-29(5-6-34-16)23(32)33-2)22(28-20(31)7-14)21-17(24)8-15(9-18(21)25)30-12-26-27-13-30/h3-4,7-9,12-13,16H,5-6,10-11H2,1-2H3/t16-/m0/s1. The molecule has 34 heavy (non-hydrogen) atoms. The van der Waals surface area contributed by atoms with E-state index in [1.165, 1.54) is 36.5 Å². The molecule has 1 saturated heterocycles. The second kappa shape index (κ2) is 8.82. The van der Waals surface area contributed by atoms with Gasteiger partial charge in [-0.3, -0.25) is 4.57 Å². The predicted molar refractivity (Wildman–Crippen MR) is 118 cm³/mol. The van der Waals surface area contributed by atoms with Crippen LogP contribution in [0.25, 0.3) is 22.6 Å². The third kappa shape index (κ3) is 3.98. The van der Waals surface area contributed by atoms with Gasteiger partial charge >= 0.3 is 6.09 Å². The van der Waals surface area contributed by atoms with E-state index < -0.39 is 23.8 Å². The summed E-state index contributed by atoms with van der Waals surface area (Å²) in [4.78, 5) is 18.1. The van der Waals surface area contributed by atoms with Crippen LogP contribution in [-0.4, -0.2) is 68.1 Å². The molecular weight excluding hydrogens is 446 g/mol. The number of pyridine rings is 1. The van der Waals surface area contributed by atoms with E-state index in [0.29, 0.717) is 37.5 Å². The van der Waals surface area contributed by atoms with Crippen LogP contribution in [0.2, 0.25) is 0 Å². The van der Waals surface area contributed by atoms with E-state index in [4.69, 9.17) is 9.47 Å². The Labute approximate surface area is 193 Å². The van der Waals surface area contributed by atoms with Gasteiger partial charge in [-0.05, 0) is 36.8 Å². The van der Waals surface area contributed by atoms with Crippen LogP contribution in [0.5, 0.6) is 0 Å². The molecule has 0 spiro atoms. The van der Waals surface area contributed by atoms with Crippen molar-refractivity contribution in [1.29, 1.82) is 0 Å². The largest absolute Gasteiger partial charge is 0.453 e. The number of morpholine rings is 1. The van der Waals surface area contributed by atoms with Gasteiger partial charge in [-0.1, -0.05) is 0 Å². The number of amides is 1. The number of carbonyl (C=O) groups excluding carboxylic acids is 1. The smallest absolute Gasteiger partial charge is 0.409 e. The Bertz CT molecular complexity index is 1330. The highest BCUT2D eigenvalue weighted by Crippen LogP contribution is 2.32. The summed E-state index contributed by atoms with van der Waals surface area (Å²) in [6.45, 7) is 2.96. The van der Waals surface area contributed by atoms with Crippen LogP contribution in [0.3, 0.4) is 0 Å². The molecule has 3 aromatic heterocycles. The summed E-state index contributed by atoms with van der Waals surface area (Å²) in [7, 11) is 1.33. The number of aromatic nitrogens is 5. The number of methoxy groups -OCH3 is 1. The third-order valence-electron chi connectivity index (χ3n) is 5.85. The second-order valence-corrected chi connectivity index (χ2v) is 8.11. The molecule has 11 heteroatoms. The lowest BCUT2D eigenvalue weighted by atomic mass is 10.0. The Morgan fingerprint density at radius 1 is 1.21 bits per heavy atom. The van der Waals surface area contributed by atoms with Crippen molar-refractivity contribution in [2.75, 3.05) is 26.8 Å². The first-order valence-corrected chi connectivity index (χ1v) is 10.7. The number of rotatable bonds is 4. The lowest BCUT2D eigenvalue weighted by Crippen LogP contribution is -2.46. The van der Waals surface area contributed by atoms with E-state index in [1.807, 2.05) is 25.3 Å². The minimum absolute atomic E-state index is 0.190. The summed E-state index contributed by atoms with van der Waals surface area (Å²) in [5.41, 5.74) is 2.33. The average Bonchev–Trinajstić information content (AvgIpc) is 3.47. The van der Waals surface area contributed by atoms with Crippen LogP contribution in [-0.2, 0) is 15.9 Å². The molecular formula is C23H22F2N6O3. The normalized spacial score (nSPS) is 16.2. The van der Waals surface area contributed by atoms with Gasteiger partial charge in [0.1, 0.15) is 29.9 Å². The maximum absolute atomic E-state index is 15.3. The van der Waals surface area contributed by atoms with Crippen molar-refractivity contribution >= 4 is 11.7 Å². The minimum atomic E-state index is -0.758. The molecule has 0 aliphatic carbocycles. The van der Waals surface area contributed by atoms with Gasteiger partial charge in [-0.2, -0.15) is 0 Å². The Morgan fingerprint density at radius 3 is 2.65 bits per heavy atom. The molecule has 0 bridgehead atoms. The molecule has 4 heterocycles. The maximum atomic E-state index is 15.3. The molecule has 0 saturated carbocycles. The average molecular weight is 468 g/mol. The zero-order valence-electron chi connectivity index (χ0n) is 18.6.